The largest absolute Gasteiger partial charge is 0.325 e. The van der Waals surface area contributed by atoms with Crippen LogP contribution >= 0.6 is 11.8 Å². The summed E-state index contributed by atoms with van der Waals surface area (Å²) in [6, 6.07) is 13.3. The van der Waals surface area contributed by atoms with E-state index in [1.54, 1.807) is 18.7 Å². The molecule has 0 unspecified atom stereocenters. The van der Waals surface area contributed by atoms with E-state index in [0.29, 0.717) is 5.69 Å². The number of rotatable bonds is 7. The molecule has 3 rings (SSSR count). The van der Waals surface area contributed by atoms with Crippen LogP contribution in [0.1, 0.15) is 22.4 Å². The molecule has 2 amide bonds. The van der Waals surface area contributed by atoms with Crippen LogP contribution in [0.4, 0.5) is 11.4 Å². The van der Waals surface area contributed by atoms with Crippen molar-refractivity contribution in [1.82, 2.24) is 9.36 Å². The van der Waals surface area contributed by atoms with Crippen LogP contribution in [-0.2, 0) is 16.6 Å². The Hall–Kier alpha value is -3.26. The molecule has 32 heavy (non-hydrogen) atoms. The highest BCUT2D eigenvalue weighted by Gasteiger charge is 2.18. The molecule has 3 aromatic rings. The minimum Gasteiger partial charge on any atom is -0.325 e. The molecule has 1 heterocycles. The molecular weight excluding hydrogens is 424 g/mol. The topological polar surface area (TPSA) is 85.1 Å². The molecule has 0 radical (unpaired) electrons. The number of nitrogens with one attached hydrogen (secondary N) is 2. The Bertz CT molecular complexity index is 1190. The number of carbonyl (C=O) groups excluding carboxylic acids is 2. The van der Waals surface area contributed by atoms with Crippen molar-refractivity contribution >= 4 is 35.0 Å². The normalized spacial score (nSPS) is 10.8. The lowest BCUT2D eigenvalue weighted by Gasteiger charge is -2.12. The summed E-state index contributed by atoms with van der Waals surface area (Å²) in [6.07, 6.45) is 0. The molecule has 2 aromatic carbocycles. The van der Waals surface area contributed by atoms with E-state index in [1.165, 1.54) is 16.4 Å². The number of amides is 2. The third-order valence-corrected chi connectivity index (χ3v) is 6.16. The maximum atomic E-state index is 12.9. The Morgan fingerprint density at radius 3 is 1.97 bits per heavy atom. The Morgan fingerprint density at radius 1 is 0.875 bits per heavy atom. The van der Waals surface area contributed by atoms with Crippen LogP contribution in [0.25, 0.3) is 5.69 Å². The number of carbonyl (C=O) groups is 2. The zero-order valence-corrected chi connectivity index (χ0v) is 19.8. The number of hydrogen-bond donors (Lipinski definition) is 2. The van der Waals surface area contributed by atoms with E-state index in [9.17, 15) is 14.4 Å². The third-order valence-electron chi connectivity index (χ3n) is 5.23. The van der Waals surface area contributed by atoms with E-state index in [4.69, 9.17) is 0 Å². The van der Waals surface area contributed by atoms with Crippen molar-refractivity contribution in [3.8, 4) is 5.69 Å². The summed E-state index contributed by atoms with van der Waals surface area (Å²) in [7, 11) is 1.77. The maximum absolute atomic E-state index is 12.9. The predicted octanol–water partition coefficient (Wildman–Crippen LogP) is 3.72. The second-order valence-corrected chi connectivity index (χ2v) is 8.78. The summed E-state index contributed by atoms with van der Waals surface area (Å²) >= 11 is 1.20. The molecule has 168 valence electrons. The van der Waals surface area contributed by atoms with E-state index >= 15 is 0 Å². The van der Waals surface area contributed by atoms with Crippen molar-refractivity contribution < 1.29 is 9.59 Å². The molecule has 0 fully saturated rings. The summed E-state index contributed by atoms with van der Waals surface area (Å²) in [6.45, 7) is 7.72. The van der Waals surface area contributed by atoms with Crippen molar-refractivity contribution in [3.63, 3.8) is 0 Å². The number of aromatic nitrogens is 2. The SMILES string of the molecule is Cc1cc(C)c(NC(=O)CSCC(=O)Nc2c(C)n(C)n(-c3ccccc3)c2=O)c(C)c1. The quantitative estimate of drug-likeness (QED) is 0.572. The van der Waals surface area contributed by atoms with Crippen LogP contribution in [0, 0.1) is 27.7 Å². The molecule has 0 spiro atoms. The molecule has 0 aliphatic carbocycles. The van der Waals surface area contributed by atoms with E-state index in [1.807, 2.05) is 63.2 Å². The van der Waals surface area contributed by atoms with Crippen LogP contribution in [0.3, 0.4) is 0 Å². The van der Waals surface area contributed by atoms with Gasteiger partial charge in [0, 0.05) is 12.7 Å². The van der Waals surface area contributed by atoms with Crippen LogP contribution in [0.5, 0.6) is 0 Å². The Labute approximate surface area is 191 Å². The summed E-state index contributed by atoms with van der Waals surface area (Å²) in [5.41, 5.74) is 5.30. The van der Waals surface area contributed by atoms with Crippen LogP contribution in [0.15, 0.2) is 47.3 Å². The molecule has 8 heteroatoms. The highest BCUT2D eigenvalue weighted by Crippen LogP contribution is 2.22. The van der Waals surface area contributed by atoms with Gasteiger partial charge in [-0.1, -0.05) is 35.9 Å². The van der Waals surface area contributed by atoms with E-state index in [-0.39, 0.29) is 34.6 Å². The van der Waals surface area contributed by atoms with Crippen LogP contribution in [-0.4, -0.2) is 32.7 Å². The van der Waals surface area contributed by atoms with E-state index < -0.39 is 0 Å². The zero-order valence-electron chi connectivity index (χ0n) is 19.0. The minimum atomic E-state index is -0.323. The first-order chi connectivity index (χ1) is 15.2. The number of nitrogens with zero attached hydrogens (tertiary/aromatic N) is 2. The summed E-state index contributed by atoms with van der Waals surface area (Å²) in [4.78, 5) is 37.6. The monoisotopic (exact) mass is 452 g/mol. The standard InChI is InChI=1S/C24H28N4O3S/c1-15-11-16(2)22(17(3)12-15)25-20(29)13-32-14-21(30)26-23-18(4)27(5)28(24(23)31)19-9-7-6-8-10-19/h6-12H,13-14H2,1-5H3,(H,25,29)(H,26,30). The highest BCUT2D eigenvalue weighted by atomic mass is 32.2. The molecular formula is C24H28N4O3S. The fraction of sp³-hybridized carbons (Fsp3) is 0.292. The second-order valence-electron chi connectivity index (χ2n) is 7.80. The number of aryl methyl sites for hydroxylation is 3. The second kappa shape index (κ2) is 9.91. The Kier molecular flexibility index (Phi) is 7.25. The first-order valence-electron chi connectivity index (χ1n) is 10.3. The molecule has 0 saturated carbocycles. The number of benzene rings is 2. The predicted molar refractivity (Wildman–Crippen MR) is 131 cm³/mol. The smallest absolute Gasteiger partial charge is 0.295 e. The molecule has 0 saturated heterocycles. The fourth-order valence-electron chi connectivity index (χ4n) is 3.68. The lowest BCUT2D eigenvalue weighted by molar-refractivity contribution is -0.114. The molecule has 0 aliphatic rings. The van der Waals surface area contributed by atoms with Crippen molar-refractivity contribution in [2.45, 2.75) is 27.7 Å². The lowest BCUT2D eigenvalue weighted by Crippen LogP contribution is -2.24. The van der Waals surface area contributed by atoms with Crippen molar-refractivity contribution in [1.29, 1.82) is 0 Å². The molecule has 2 N–H and O–H groups in total. The zero-order chi connectivity index (χ0) is 23.4. The molecule has 0 atom stereocenters. The van der Waals surface area contributed by atoms with Crippen molar-refractivity contribution in [2.75, 3.05) is 22.1 Å². The van der Waals surface area contributed by atoms with Gasteiger partial charge in [0.1, 0.15) is 5.69 Å². The van der Waals surface area contributed by atoms with E-state index in [2.05, 4.69) is 10.6 Å². The van der Waals surface area contributed by atoms with Crippen LogP contribution < -0.4 is 16.2 Å². The van der Waals surface area contributed by atoms with Gasteiger partial charge in [-0.2, -0.15) is 0 Å². The van der Waals surface area contributed by atoms with Gasteiger partial charge in [0.15, 0.2) is 0 Å². The van der Waals surface area contributed by atoms with Crippen molar-refractivity contribution in [3.05, 3.63) is 75.2 Å². The number of thioether (sulfide) groups is 1. The third kappa shape index (κ3) is 5.13. The van der Waals surface area contributed by atoms with Gasteiger partial charge in [-0.15, -0.1) is 11.8 Å². The number of hydrogen-bond acceptors (Lipinski definition) is 4. The van der Waals surface area contributed by atoms with Gasteiger partial charge in [-0.05, 0) is 51.0 Å². The molecule has 0 bridgehead atoms. The molecule has 0 aliphatic heterocycles. The first-order valence-corrected chi connectivity index (χ1v) is 11.4. The van der Waals surface area contributed by atoms with Crippen LogP contribution in [0.2, 0.25) is 0 Å². The minimum absolute atomic E-state index is 0.0679. The van der Waals surface area contributed by atoms with Gasteiger partial charge in [0.2, 0.25) is 11.8 Å². The fourth-order valence-corrected chi connectivity index (χ4v) is 4.29. The van der Waals surface area contributed by atoms with Crippen molar-refractivity contribution in [2.24, 2.45) is 7.05 Å². The van der Waals surface area contributed by atoms with Gasteiger partial charge in [0.25, 0.3) is 5.56 Å². The van der Waals surface area contributed by atoms with Gasteiger partial charge in [0.05, 0.1) is 22.9 Å². The lowest BCUT2D eigenvalue weighted by atomic mass is 10.1. The first kappa shape index (κ1) is 23.4. The summed E-state index contributed by atoms with van der Waals surface area (Å²) in [5.74, 6) is -0.280. The molecule has 1 aromatic heterocycles. The van der Waals surface area contributed by atoms with E-state index in [0.717, 1.165) is 28.1 Å². The maximum Gasteiger partial charge on any atom is 0.295 e. The van der Waals surface area contributed by atoms with Gasteiger partial charge in [-0.3, -0.25) is 19.1 Å². The van der Waals surface area contributed by atoms with Gasteiger partial charge in [-0.25, -0.2) is 4.68 Å². The Balaban J connectivity index is 1.59. The average Bonchev–Trinajstić information content (AvgIpc) is 2.94. The van der Waals surface area contributed by atoms with Gasteiger partial charge < -0.3 is 10.6 Å². The average molecular weight is 453 g/mol. The highest BCUT2D eigenvalue weighted by molar-refractivity contribution is 8.00. The Morgan fingerprint density at radius 2 is 1.41 bits per heavy atom. The number of anilines is 2. The number of para-hydroxylation sites is 1. The summed E-state index contributed by atoms with van der Waals surface area (Å²) in [5, 5.41) is 5.64. The molecule has 7 nitrogen and oxygen atoms in total. The van der Waals surface area contributed by atoms with Gasteiger partial charge >= 0.3 is 0 Å². The summed E-state index contributed by atoms with van der Waals surface area (Å²) < 4.78 is 3.22.